The molecule has 0 amide bonds. The largest absolute Gasteiger partial charge is 0.457 e. The summed E-state index contributed by atoms with van der Waals surface area (Å²) in [5.41, 5.74) is 5.54. The Bertz CT molecular complexity index is 1510. The van der Waals surface area contributed by atoms with Gasteiger partial charge in [-0.15, -0.1) is 0 Å². The highest BCUT2D eigenvalue weighted by Crippen LogP contribution is 2.40. The van der Waals surface area contributed by atoms with Crippen LogP contribution in [0.1, 0.15) is 36.1 Å². The van der Waals surface area contributed by atoms with Crippen LogP contribution in [0.5, 0.6) is 23.0 Å². The molecule has 0 atom stereocenters. The number of benzene rings is 4. The van der Waals surface area contributed by atoms with Gasteiger partial charge in [-0.2, -0.15) is 13.2 Å². The molecule has 2 N–H and O–H groups in total. The van der Waals surface area contributed by atoms with Gasteiger partial charge in [-0.1, -0.05) is 19.1 Å². The summed E-state index contributed by atoms with van der Waals surface area (Å²) in [6.45, 7) is 2.65. The third-order valence-electron chi connectivity index (χ3n) is 6.24. The highest BCUT2D eigenvalue weighted by molar-refractivity contribution is 7.91. The molecule has 0 unspecified atom stereocenters. The lowest BCUT2D eigenvalue weighted by molar-refractivity contribution is -0.138. The van der Waals surface area contributed by atoms with E-state index in [0.717, 1.165) is 13.0 Å². The summed E-state index contributed by atoms with van der Waals surface area (Å²) in [6.07, 6.45) is -4.13. The fourth-order valence-electron chi connectivity index (χ4n) is 4.01. The minimum Gasteiger partial charge on any atom is -0.457 e. The maximum absolute atomic E-state index is 14.1. The summed E-state index contributed by atoms with van der Waals surface area (Å²) >= 11 is 0. The highest BCUT2D eigenvalue weighted by Gasteiger charge is 2.34. The summed E-state index contributed by atoms with van der Waals surface area (Å²) in [7, 11) is -4.03. The predicted molar refractivity (Wildman–Crippen MR) is 143 cm³/mol. The van der Waals surface area contributed by atoms with Gasteiger partial charge in [0.2, 0.25) is 9.84 Å². The lowest BCUT2D eigenvalue weighted by Gasteiger charge is -2.17. The minimum absolute atomic E-state index is 0.0229. The first-order valence-corrected chi connectivity index (χ1v) is 13.9. The molecule has 0 aliphatic carbocycles. The first-order valence-electron chi connectivity index (χ1n) is 12.4. The number of ether oxygens (including phenoxy) is 2. The Hall–Kier alpha value is -3.96. The first kappa shape index (κ1) is 30.0. The summed E-state index contributed by atoms with van der Waals surface area (Å²) in [5, 5.41) is 0. The molecule has 4 aromatic carbocycles. The van der Waals surface area contributed by atoms with Crippen LogP contribution in [0.2, 0.25) is 0 Å². The van der Waals surface area contributed by atoms with Gasteiger partial charge in [-0.05, 0) is 90.3 Å². The molecule has 0 heterocycles. The molecule has 0 aromatic heterocycles. The fourth-order valence-corrected chi connectivity index (χ4v) is 5.27. The van der Waals surface area contributed by atoms with Gasteiger partial charge in [-0.3, -0.25) is 0 Å². The molecular formula is C30H26F5NO4S. The molecule has 0 spiro atoms. The van der Waals surface area contributed by atoms with Crippen molar-refractivity contribution in [1.82, 2.24) is 0 Å². The molecule has 216 valence electrons. The zero-order valence-electron chi connectivity index (χ0n) is 22.0. The van der Waals surface area contributed by atoms with E-state index < -0.39 is 27.5 Å². The van der Waals surface area contributed by atoms with Crippen molar-refractivity contribution in [1.29, 1.82) is 0 Å². The summed E-state index contributed by atoms with van der Waals surface area (Å²) in [5.74, 6) is -3.53. The van der Waals surface area contributed by atoms with Crippen LogP contribution in [-0.4, -0.2) is 8.42 Å². The normalized spacial score (nSPS) is 12.3. The molecule has 0 radical (unpaired) electrons. The molecule has 0 bridgehead atoms. The van der Waals surface area contributed by atoms with Gasteiger partial charge < -0.3 is 15.2 Å². The lowest BCUT2D eigenvalue weighted by atomic mass is 10.1. The number of aryl methyl sites for hydroxylation is 1. The second kappa shape index (κ2) is 11.5. The zero-order chi connectivity index (χ0) is 30.0. The van der Waals surface area contributed by atoms with Crippen LogP contribution in [0, 0.1) is 0 Å². The van der Waals surface area contributed by atoms with Crippen molar-refractivity contribution in [2.24, 2.45) is 5.73 Å². The summed E-state index contributed by atoms with van der Waals surface area (Å²) < 4.78 is 106. The van der Waals surface area contributed by atoms with Crippen molar-refractivity contribution in [2.45, 2.75) is 48.7 Å². The van der Waals surface area contributed by atoms with Crippen LogP contribution in [0.15, 0.2) is 94.7 Å². The molecule has 0 aliphatic rings. The Kier molecular flexibility index (Phi) is 8.41. The van der Waals surface area contributed by atoms with Crippen molar-refractivity contribution in [3.63, 3.8) is 0 Å². The van der Waals surface area contributed by atoms with E-state index in [2.05, 4.69) is 0 Å². The van der Waals surface area contributed by atoms with Crippen LogP contribution in [0.4, 0.5) is 22.0 Å². The van der Waals surface area contributed by atoms with Gasteiger partial charge in [0.15, 0.2) is 0 Å². The van der Waals surface area contributed by atoms with E-state index in [9.17, 15) is 30.4 Å². The standard InChI is InChI=1S/C30H26F5NO4S/c1-3-19-4-15-26(30(33,34)35)28(16-19)40-22-8-12-24(13-9-22)41(37,38)23-10-6-21(7-11-23)39-27-17-20(18-36)5-14-25(27)29(2,31)32/h4-17H,3,18,36H2,1-2H3. The SMILES string of the molecule is CCc1ccc(C(F)(F)F)c(Oc2ccc(S(=O)(=O)c3ccc(Oc4cc(CN)ccc4C(C)(F)F)cc3)cc2)c1. The Balaban J connectivity index is 1.55. The van der Waals surface area contributed by atoms with Gasteiger partial charge in [0.1, 0.15) is 23.0 Å². The fraction of sp³-hybridized carbons (Fsp3) is 0.200. The van der Waals surface area contributed by atoms with E-state index in [-0.39, 0.29) is 44.9 Å². The van der Waals surface area contributed by atoms with Crippen LogP contribution in [-0.2, 0) is 34.9 Å². The number of sulfone groups is 1. The Labute approximate surface area is 234 Å². The Morgan fingerprint density at radius 3 is 1.56 bits per heavy atom. The third kappa shape index (κ3) is 6.86. The Morgan fingerprint density at radius 2 is 1.12 bits per heavy atom. The van der Waals surface area contributed by atoms with E-state index in [4.69, 9.17) is 15.2 Å². The molecular weight excluding hydrogens is 565 g/mol. The molecule has 0 saturated carbocycles. The second-order valence-corrected chi connectivity index (χ2v) is 11.2. The summed E-state index contributed by atoms with van der Waals surface area (Å²) in [4.78, 5) is -0.231. The maximum atomic E-state index is 14.1. The van der Waals surface area contributed by atoms with Gasteiger partial charge >= 0.3 is 6.18 Å². The number of hydrogen-bond donors (Lipinski definition) is 1. The van der Waals surface area contributed by atoms with E-state index in [0.29, 0.717) is 17.5 Å². The monoisotopic (exact) mass is 591 g/mol. The average Bonchev–Trinajstić information content (AvgIpc) is 2.92. The lowest BCUT2D eigenvalue weighted by Crippen LogP contribution is -2.10. The predicted octanol–water partition coefficient (Wildman–Crippen LogP) is 8.26. The van der Waals surface area contributed by atoms with Crippen molar-refractivity contribution < 1.29 is 39.8 Å². The molecule has 0 saturated heterocycles. The van der Waals surface area contributed by atoms with Crippen LogP contribution < -0.4 is 15.2 Å². The number of rotatable bonds is 9. The number of alkyl halides is 5. The molecule has 4 rings (SSSR count). The molecule has 0 fully saturated rings. The molecule has 41 heavy (non-hydrogen) atoms. The van der Waals surface area contributed by atoms with E-state index in [1.165, 1.54) is 78.9 Å². The van der Waals surface area contributed by atoms with Gasteiger partial charge in [-0.25, -0.2) is 17.2 Å². The first-order chi connectivity index (χ1) is 19.2. The highest BCUT2D eigenvalue weighted by atomic mass is 32.2. The molecule has 11 heteroatoms. The van der Waals surface area contributed by atoms with Gasteiger partial charge in [0, 0.05) is 13.5 Å². The maximum Gasteiger partial charge on any atom is 0.419 e. The smallest absolute Gasteiger partial charge is 0.419 e. The van der Waals surface area contributed by atoms with Crippen molar-refractivity contribution >= 4 is 9.84 Å². The van der Waals surface area contributed by atoms with Crippen LogP contribution in [0.3, 0.4) is 0 Å². The third-order valence-corrected chi connectivity index (χ3v) is 8.02. The van der Waals surface area contributed by atoms with Crippen LogP contribution >= 0.6 is 0 Å². The van der Waals surface area contributed by atoms with E-state index in [1.807, 2.05) is 0 Å². The molecule has 4 aromatic rings. The van der Waals surface area contributed by atoms with E-state index >= 15 is 0 Å². The Morgan fingerprint density at radius 1 is 0.683 bits per heavy atom. The van der Waals surface area contributed by atoms with Gasteiger partial charge in [0.25, 0.3) is 5.92 Å². The topological polar surface area (TPSA) is 78.6 Å². The minimum atomic E-state index is -4.63. The molecule has 0 aliphatic heterocycles. The van der Waals surface area contributed by atoms with Crippen molar-refractivity contribution in [2.75, 3.05) is 0 Å². The molecule has 5 nitrogen and oxygen atoms in total. The van der Waals surface area contributed by atoms with Crippen molar-refractivity contribution in [3.05, 3.63) is 107 Å². The van der Waals surface area contributed by atoms with Crippen LogP contribution in [0.25, 0.3) is 0 Å². The number of halogens is 5. The van der Waals surface area contributed by atoms with Gasteiger partial charge in [0.05, 0.1) is 20.9 Å². The van der Waals surface area contributed by atoms with Crippen molar-refractivity contribution in [3.8, 4) is 23.0 Å². The second-order valence-electron chi connectivity index (χ2n) is 9.26. The summed E-state index contributed by atoms with van der Waals surface area (Å²) in [6, 6.07) is 17.9. The van der Waals surface area contributed by atoms with E-state index in [1.54, 1.807) is 6.92 Å². The quantitative estimate of drug-likeness (QED) is 0.198. The zero-order valence-corrected chi connectivity index (χ0v) is 22.8. The number of hydrogen-bond acceptors (Lipinski definition) is 5. The number of nitrogens with two attached hydrogens (primary N) is 1. The average molecular weight is 592 g/mol.